The van der Waals surface area contributed by atoms with Crippen LogP contribution in [0.5, 0.6) is 0 Å². The van der Waals surface area contributed by atoms with Crippen LogP contribution in [0.2, 0.25) is 5.15 Å². The molecule has 1 saturated heterocycles. The van der Waals surface area contributed by atoms with Crippen LogP contribution in [0, 0.1) is 0 Å². The third kappa shape index (κ3) is 3.34. The van der Waals surface area contributed by atoms with Gasteiger partial charge in [0.15, 0.2) is 5.15 Å². The van der Waals surface area contributed by atoms with E-state index in [0.29, 0.717) is 22.6 Å². The molecule has 2 N–H and O–H groups in total. The van der Waals surface area contributed by atoms with Crippen LogP contribution < -0.4 is 5.32 Å². The lowest BCUT2D eigenvalue weighted by Crippen LogP contribution is -2.30. The van der Waals surface area contributed by atoms with Gasteiger partial charge in [-0.15, -0.1) is 0 Å². The molecule has 3 atom stereocenters. The standard InChI is InChI=1S/C15H17ClN4O4/c1-7(21)23-5-9-3-11(24-8(2)22)12(20-9)10-4-17-14-13(10)18-6-19-15(14)16/h4,6,9,11-12,17,20H,3,5H2,1-2H3/t9-,11+,12-/m0/s1. The zero-order valence-corrected chi connectivity index (χ0v) is 14.0. The normalized spacial score (nSPS) is 23.4. The fourth-order valence-corrected chi connectivity index (χ4v) is 3.15. The molecule has 0 bridgehead atoms. The average molecular weight is 353 g/mol. The molecule has 128 valence electrons. The lowest BCUT2D eigenvalue weighted by atomic mass is 10.0. The summed E-state index contributed by atoms with van der Waals surface area (Å²) in [5.74, 6) is -0.719. The second-order valence-corrected chi connectivity index (χ2v) is 6.02. The third-order valence-corrected chi connectivity index (χ3v) is 4.18. The van der Waals surface area contributed by atoms with Crippen LogP contribution in [-0.2, 0) is 19.1 Å². The highest BCUT2D eigenvalue weighted by Crippen LogP contribution is 2.34. The third-order valence-electron chi connectivity index (χ3n) is 3.89. The van der Waals surface area contributed by atoms with Crippen molar-refractivity contribution in [3.8, 4) is 0 Å². The summed E-state index contributed by atoms with van der Waals surface area (Å²) < 4.78 is 10.5. The second kappa shape index (κ2) is 6.74. The van der Waals surface area contributed by atoms with E-state index in [1.165, 1.54) is 20.2 Å². The Morgan fingerprint density at radius 3 is 2.83 bits per heavy atom. The van der Waals surface area contributed by atoms with E-state index >= 15 is 0 Å². The van der Waals surface area contributed by atoms with Gasteiger partial charge in [-0.05, 0) is 0 Å². The van der Waals surface area contributed by atoms with Gasteiger partial charge in [-0.2, -0.15) is 0 Å². The molecule has 0 radical (unpaired) electrons. The van der Waals surface area contributed by atoms with E-state index in [9.17, 15) is 9.59 Å². The summed E-state index contributed by atoms with van der Waals surface area (Å²) in [6.45, 7) is 2.93. The van der Waals surface area contributed by atoms with Crippen molar-refractivity contribution >= 4 is 34.6 Å². The summed E-state index contributed by atoms with van der Waals surface area (Å²) in [7, 11) is 0. The summed E-state index contributed by atoms with van der Waals surface area (Å²) in [5.41, 5.74) is 2.12. The molecule has 0 unspecified atom stereocenters. The molecule has 0 aromatic carbocycles. The van der Waals surface area contributed by atoms with Crippen molar-refractivity contribution in [3.05, 3.63) is 23.2 Å². The van der Waals surface area contributed by atoms with Crippen LogP contribution in [-0.4, -0.2) is 45.6 Å². The second-order valence-electron chi connectivity index (χ2n) is 5.66. The number of carbonyl (C=O) groups excluding carboxylic acids is 2. The SMILES string of the molecule is CC(=O)OC[C@@H]1C[C@@H](OC(C)=O)[C@H](c2c[nH]c3c(Cl)ncnc23)N1. The van der Waals surface area contributed by atoms with E-state index in [0.717, 1.165) is 5.56 Å². The molecule has 2 aromatic heterocycles. The number of hydrogen-bond donors (Lipinski definition) is 2. The highest BCUT2D eigenvalue weighted by molar-refractivity contribution is 6.33. The first-order valence-corrected chi connectivity index (χ1v) is 7.87. The number of ether oxygens (including phenoxy) is 2. The van der Waals surface area contributed by atoms with E-state index in [1.54, 1.807) is 6.20 Å². The van der Waals surface area contributed by atoms with Gasteiger partial charge in [0.2, 0.25) is 0 Å². The number of carbonyl (C=O) groups is 2. The number of fused-ring (bicyclic) bond motifs is 1. The number of hydrogen-bond acceptors (Lipinski definition) is 7. The van der Waals surface area contributed by atoms with Crippen molar-refractivity contribution < 1.29 is 19.1 Å². The summed E-state index contributed by atoms with van der Waals surface area (Å²) >= 11 is 6.07. The minimum absolute atomic E-state index is 0.120. The van der Waals surface area contributed by atoms with Gasteiger partial charge in [0.05, 0.1) is 11.6 Å². The van der Waals surface area contributed by atoms with Crippen molar-refractivity contribution in [2.45, 2.75) is 38.5 Å². The summed E-state index contributed by atoms with van der Waals surface area (Å²) in [5, 5.41) is 3.66. The maximum absolute atomic E-state index is 11.4. The van der Waals surface area contributed by atoms with Gasteiger partial charge >= 0.3 is 11.9 Å². The monoisotopic (exact) mass is 352 g/mol. The smallest absolute Gasteiger partial charge is 0.302 e. The van der Waals surface area contributed by atoms with E-state index in [2.05, 4.69) is 20.3 Å². The van der Waals surface area contributed by atoms with Crippen molar-refractivity contribution in [1.82, 2.24) is 20.3 Å². The molecule has 3 heterocycles. The number of esters is 2. The molecule has 0 spiro atoms. The molecule has 0 aliphatic carbocycles. The molecule has 9 heteroatoms. The molecule has 3 rings (SSSR count). The maximum Gasteiger partial charge on any atom is 0.302 e. The van der Waals surface area contributed by atoms with Crippen LogP contribution >= 0.6 is 11.6 Å². The minimum atomic E-state index is -0.393. The minimum Gasteiger partial charge on any atom is -0.464 e. The Labute approximate surface area is 142 Å². The van der Waals surface area contributed by atoms with Crippen molar-refractivity contribution in [2.24, 2.45) is 0 Å². The van der Waals surface area contributed by atoms with Gasteiger partial charge in [0, 0.05) is 38.1 Å². The van der Waals surface area contributed by atoms with E-state index < -0.39 is 6.10 Å². The average Bonchev–Trinajstić information content (AvgIpc) is 3.09. The lowest BCUT2D eigenvalue weighted by molar-refractivity contribution is -0.147. The zero-order valence-electron chi connectivity index (χ0n) is 13.2. The van der Waals surface area contributed by atoms with Crippen LogP contribution in [0.3, 0.4) is 0 Å². The van der Waals surface area contributed by atoms with Gasteiger partial charge < -0.3 is 19.8 Å². The topological polar surface area (TPSA) is 106 Å². The zero-order chi connectivity index (χ0) is 17.3. The molecular weight excluding hydrogens is 336 g/mol. The number of nitrogens with one attached hydrogen (secondary N) is 2. The Balaban J connectivity index is 1.88. The molecule has 24 heavy (non-hydrogen) atoms. The quantitative estimate of drug-likeness (QED) is 0.634. The van der Waals surface area contributed by atoms with Gasteiger partial charge in [-0.1, -0.05) is 11.6 Å². The lowest BCUT2D eigenvalue weighted by Gasteiger charge is -2.18. The van der Waals surface area contributed by atoms with Crippen LogP contribution in [0.4, 0.5) is 0 Å². The Kier molecular flexibility index (Phi) is 4.68. The fourth-order valence-electron chi connectivity index (χ4n) is 2.97. The summed E-state index contributed by atoms with van der Waals surface area (Å²) in [6, 6.07) is -0.403. The Hall–Kier alpha value is -2.19. The van der Waals surface area contributed by atoms with E-state index in [1.807, 2.05) is 0 Å². The van der Waals surface area contributed by atoms with Crippen LogP contribution in [0.25, 0.3) is 11.0 Å². The van der Waals surface area contributed by atoms with Gasteiger partial charge in [-0.25, -0.2) is 9.97 Å². The number of aromatic nitrogens is 3. The van der Waals surface area contributed by atoms with E-state index in [-0.39, 0.29) is 30.6 Å². The molecule has 0 amide bonds. The number of halogens is 1. The van der Waals surface area contributed by atoms with Crippen molar-refractivity contribution in [2.75, 3.05) is 6.61 Å². The fraction of sp³-hybridized carbons (Fsp3) is 0.467. The van der Waals surface area contributed by atoms with Gasteiger partial charge in [0.1, 0.15) is 24.6 Å². The summed E-state index contributed by atoms with van der Waals surface area (Å²) in [6.07, 6.45) is 3.29. The molecular formula is C15H17ClN4O4. The predicted molar refractivity (Wildman–Crippen MR) is 85.4 cm³/mol. The summed E-state index contributed by atoms with van der Waals surface area (Å²) in [4.78, 5) is 33.7. The number of aromatic amines is 1. The molecule has 1 aliphatic heterocycles. The molecule has 2 aromatic rings. The number of H-pyrrole nitrogens is 1. The van der Waals surface area contributed by atoms with Gasteiger partial charge in [0.25, 0.3) is 0 Å². The highest BCUT2D eigenvalue weighted by Gasteiger charge is 2.39. The van der Waals surface area contributed by atoms with Crippen molar-refractivity contribution in [1.29, 1.82) is 0 Å². The first-order valence-electron chi connectivity index (χ1n) is 7.49. The predicted octanol–water partition coefficient (Wildman–Crippen LogP) is 1.51. The Morgan fingerprint density at radius 1 is 1.33 bits per heavy atom. The van der Waals surface area contributed by atoms with Crippen LogP contribution in [0.1, 0.15) is 31.9 Å². The Bertz CT molecular complexity index is 778. The molecule has 8 nitrogen and oxygen atoms in total. The number of nitrogens with zero attached hydrogens (tertiary/aromatic N) is 2. The van der Waals surface area contributed by atoms with E-state index in [4.69, 9.17) is 21.1 Å². The first kappa shape index (κ1) is 16.7. The van der Waals surface area contributed by atoms with Gasteiger partial charge in [-0.3, -0.25) is 9.59 Å². The highest BCUT2D eigenvalue weighted by atomic mass is 35.5. The molecule has 1 aliphatic rings. The van der Waals surface area contributed by atoms with Crippen LogP contribution in [0.15, 0.2) is 12.5 Å². The molecule has 1 fully saturated rings. The number of rotatable bonds is 4. The maximum atomic E-state index is 11.4. The first-order chi connectivity index (χ1) is 11.5. The largest absolute Gasteiger partial charge is 0.464 e. The Morgan fingerprint density at radius 2 is 2.12 bits per heavy atom. The molecule has 0 saturated carbocycles. The van der Waals surface area contributed by atoms with Crippen molar-refractivity contribution in [3.63, 3.8) is 0 Å².